The lowest BCUT2D eigenvalue weighted by molar-refractivity contribution is -0.101. The predicted molar refractivity (Wildman–Crippen MR) is 86.0 cm³/mol. The first-order valence-corrected chi connectivity index (χ1v) is 9.06. The topological polar surface area (TPSA) is 21.3 Å². The molecular formula is C18H35NO. The molecule has 1 heterocycles. The number of ether oxygens (including phenoxy) is 1. The van der Waals surface area contributed by atoms with Crippen molar-refractivity contribution in [3.8, 4) is 0 Å². The van der Waals surface area contributed by atoms with Gasteiger partial charge in [0.2, 0.25) is 0 Å². The maximum atomic E-state index is 6.22. The third-order valence-electron chi connectivity index (χ3n) is 5.71. The van der Waals surface area contributed by atoms with Gasteiger partial charge in [0.25, 0.3) is 0 Å². The van der Waals surface area contributed by atoms with Crippen LogP contribution in [0.1, 0.15) is 78.1 Å². The second-order valence-corrected chi connectivity index (χ2v) is 7.14. The lowest BCUT2D eigenvalue weighted by Crippen LogP contribution is -2.48. The van der Waals surface area contributed by atoms with E-state index in [1.54, 1.807) is 0 Å². The molecule has 0 aromatic heterocycles. The Kier molecular flexibility index (Phi) is 6.35. The van der Waals surface area contributed by atoms with E-state index in [0.717, 1.165) is 18.4 Å². The van der Waals surface area contributed by atoms with Gasteiger partial charge in [-0.3, -0.25) is 0 Å². The molecular weight excluding hydrogens is 246 g/mol. The smallest absolute Gasteiger partial charge is 0.0685 e. The molecule has 1 N–H and O–H groups in total. The first-order valence-electron chi connectivity index (χ1n) is 9.06. The van der Waals surface area contributed by atoms with Crippen molar-refractivity contribution in [1.29, 1.82) is 0 Å². The van der Waals surface area contributed by atoms with Crippen LogP contribution in [0, 0.1) is 11.8 Å². The molecule has 2 unspecified atom stereocenters. The van der Waals surface area contributed by atoms with Crippen LogP contribution in [0.15, 0.2) is 0 Å². The summed E-state index contributed by atoms with van der Waals surface area (Å²) in [7, 11) is 2.18. The molecule has 0 radical (unpaired) electrons. The van der Waals surface area contributed by atoms with E-state index in [4.69, 9.17) is 4.74 Å². The third kappa shape index (κ3) is 3.76. The molecule has 2 nitrogen and oxygen atoms in total. The molecule has 2 rings (SSSR count). The lowest BCUT2D eigenvalue weighted by atomic mass is 9.74. The summed E-state index contributed by atoms with van der Waals surface area (Å²) >= 11 is 0. The third-order valence-corrected chi connectivity index (χ3v) is 5.71. The minimum absolute atomic E-state index is 0.265. The highest BCUT2D eigenvalue weighted by atomic mass is 16.5. The molecule has 0 aromatic rings. The van der Waals surface area contributed by atoms with Crippen LogP contribution in [0.5, 0.6) is 0 Å². The summed E-state index contributed by atoms with van der Waals surface area (Å²) in [4.78, 5) is 0. The monoisotopic (exact) mass is 281 g/mol. The van der Waals surface area contributed by atoms with Crippen molar-refractivity contribution in [3.63, 3.8) is 0 Å². The van der Waals surface area contributed by atoms with Crippen LogP contribution < -0.4 is 5.32 Å². The maximum absolute atomic E-state index is 6.22. The van der Waals surface area contributed by atoms with E-state index >= 15 is 0 Å². The molecule has 2 aliphatic rings. The van der Waals surface area contributed by atoms with E-state index in [2.05, 4.69) is 26.2 Å². The molecule has 2 atom stereocenters. The molecule has 2 fully saturated rings. The summed E-state index contributed by atoms with van der Waals surface area (Å²) in [6, 6.07) is 0.705. The highest BCUT2D eigenvalue weighted by Crippen LogP contribution is 2.44. The Balaban J connectivity index is 2.01. The van der Waals surface area contributed by atoms with Crippen molar-refractivity contribution in [2.75, 3.05) is 13.7 Å². The van der Waals surface area contributed by atoms with Crippen molar-refractivity contribution >= 4 is 0 Å². The largest absolute Gasteiger partial charge is 0.375 e. The van der Waals surface area contributed by atoms with Crippen LogP contribution in [0.2, 0.25) is 0 Å². The van der Waals surface area contributed by atoms with Crippen molar-refractivity contribution in [2.45, 2.75) is 89.7 Å². The predicted octanol–water partition coefficient (Wildman–Crippen LogP) is 4.53. The Morgan fingerprint density at radius 1 is 1.15 bits per heavy atom. The minimum Gasteiger partial charge on any atom is -0.375 e. The second kappa shape index (κ2) is 7.79. The van der Waals surface area contributed by atoms with E-state index in [1.807, 2.05) is 0 Å². The van der Waals surface area contributed by atoms with Gasteiger partial charge in [-0.25, -0.2) is 0 Å². The van der Waals surface area contributed by atoms with Gasteiger partial charge in [0.05, 0.1) is 5.60 Å². The average Bonchev–Trinajstić information content (AvgIpc) is 2.88. The Labute approximate surface area is 126 Å². The van der Waals surface area contributed by atoms with Crippen LogP contribution in [-0.4, -0.2) is 25.3 Å². The average molecular weight is 281 g/mol. The molecule has 1 aliphatic carbocycles. The first-order chi connectivity index (χ1) is 9.74. The molecule has 0 amide bonds. The number of nitrogens with one attached hydrogen (secondary N) is 1. The Morgan fingerprint density at radius 3 is 2.35 bits per heavy atom. The Morgan fingerprint density at radius 2 is 1.80 bits per heavy atom. The SMILES string of the molecule is CCCC(CCC)C(NC)C1CCOC2(CCCC2)C1. The van der Waals surface area contributed by atoms with Crippen LogP contribution in [0.3, 0.4) is 0 Å². The highest BCUT2D eigenvalue weighted by Gasteiger charge is 2.42. The van der Waals surface area contributed by atoms with E-state index in [-0.39, 0.29) is 5.60 Å². The maximum Gasteiger partial charge on any atom is 0.0685 e. The molecule has 0 bridgehead atoms. The molecule has 0 aromatic carbocycles. The fourth-order valence-electron chi connectivity index (χ4n) is 4.84. The van der Waals surface area contributed by atoms with Crippen LogP contribution in [0.25, 0.3) is 0 Å². The van der Waals surface area contributed by atoms with Gasteiger partial charge >= 0.3 is 0 Å². The fraction of sp³-hybridized carbons (Fsp3) is 1.00. The van der Waals surface area contributed by atoms with E-state index in [0.29, 0.717) is 6.04 Å². The van der Waals surface area contributed by atoms with Crippen molar-refractivity contribution in [1.82, 2.24) is 5.32 Å². The summed E-state index contributed by atoms with van der Waals surface area (Å²) in [6.45, 7) is 5.66. The standard InChI is InChI=1S/C18H35NO/c1-4-8-15(9-5-2)17(19-3)16-10-13-20-18(14-16)11-6-7-12-18/h15-17,19H,4-14H2,1-3H3. The molecule has 1 saturated heterocycles. The lowest BCUT2D eigenvalue weighted by Gasteiger charge is -2.43. The van der Waals surface area contributed by atoms with Crippen LogP contribution in [-0.2, 0) is 4.74 Å². The van der Waals surface area contributed by atoms with Crippen LogP contribution >= 0.6 is 0 Å². The highest BCUT2D eigenvalue weighted by molar-refractivity contribution is 4.95. The van der Waals surface area contributed by atoms with E-state index < -0.39 is 0 Å². The quantitative estimate of drug-likeness (QED) is 0.740. The second-order valence-electron chi connectivity index (χ2n) is 7.14. The molecule has 1 aliphatic heterocycles. The van der Waals surface area contributed by atoms with Crippen molar-refractivity contribution in [2.24, 2.45) is 11.8 Å². The molecule has 1 spiro atoms. The van der Waals surface area contributed by atoms with E-state index in [9.17, 15) is 0 Å². The van der Waals surface area contributed by atoms with Crippen molar-refractivity contribution < 1.29 is 4.74 Å². The fourth-order valence-corrected chi connectivity index (χ4v) is 4.84. The van der Waals surface area contributed by atoms with Gasteiger partial charge in [0.15, 0.2) is 0 Å². The van der Waals surface area contributed by atoms with Gasteiger partial charge in [-0.15, -0.1) is 0 Å². The molecule has 118 valence electrons. The Hall–Kier alpha value is -0.0800. The summed E-state index contributed by atoms with van der Waals surface area (Å²) in [5.74, 6) is 1.69. The Bertz CT molecular complexity index is 267. The van der Waals surface area contributed by atoms with E-state index in [1.165, 1.54) is 64.2 Å². The zero-order chi connectivity index (χ0) is 14.4. The van der Waals surface area contributed by atoms with Gasteiger partial charge < -0.3 is 10.1 Å². The summed E-state index contributed by atoms with van der Waals surface area (Å²) in [5.41, 5.74) is 0.265. The van der Waals surface area contributed by atoms with Gasteiger partial charge in [-0.05, 0) is 57.4 Å². The molecule has 20 heavy (non-hydrogen) atoms. The number of rotatable bonds is 7. The normalized spacial score (nSPS) is 27.3. The zero-order valence-corrected chi connectivity index (χ0v) is 13.9. The number of hydrogen-bond donors (Lipinski definition) is 1. The summed E-state index contributed by atoms with van der Waals surface area (Å²) < 4.78 is 6.22. The van der Waals surface area contributed by atoms with Gasteiger partial charge in [0, 0.05) is 12.6 Å². The van der Waals surface area contributed by atoms with Gasteiger partial charge in [0.1, 0.15) is 0 Å². The molecule has 2 heteroatoms. The number of hydrogen-bond acceptors (Lipinski definition) is 2. The van der Waals surface area contributed by atoms with Gasteiger partial charge in [-0.2, -0.15) is 0 Å². The summed E-state index contributed by atoms with van der Waals surface area (Å²) in [5, 5.41) is 3.69. The summed E-state index contributed by atoms with van der Waals surface area (Å²) in [6.07, 6.45) is 13.3. The first kappa shape index (κ1) is 16.3. The van der Waals surface area contributed by atoms with Crippen LogP contribution in [0.4, 0.5) is 0 Å². The van der Waals surface area contributed by atoms with Crippen molar-refractivity contribution in [3.05, 3.63) is 0 Å². The zero-order valence-electron chi connectivity index (χ0n) is 13.9. The minimum atomic E-state index is 0.265. The van der Waals surface area contributed by atoms with Gasteiger partial charge in [-0.1, -0.05) is 39.5 Å². The molecule has 1 saturated carbocycles.